The molecule has 1 fully saturated rings. The molecule has 1 atom stereocenters. The third-order valence-electron chi connectivity index (χ3n) is 5.50. The van der Waals surface area contributed by atoms with E-state index in [1.54, 1.807) is 19.2 Å². The molecule has 1 unspecified atom stereocenters. The highest BCUT2D eigenvalue weighted by molar-refractivity contribution is 7.14. The Morgan fingerprint density at radius 2 is 2.03 bits per heavy atom. The molecule has 0 aliphatic carbocycles. The van der Waals surface area contributed by atoms with Gasteiger partial charge >= 0.3 is 0 Å². The molecular formula is C26H31N3O5S. The SMILES string of the molecule is CCNc1ccc(C(=O)Nc2nc(-c3ccc(OC)cc3)cs2)cc1OCCOC1CCCCO1. The number of methoxy groups -OCH3 is 1. The van der Waals surface area contributed by atoms with E-state index in [1.165, 1.54) is 11.3 Å². The van der Waals surface area contributed by atoms with Crippen LogP contribution in [0.5, 0.6) is 11.5 Å². The summed E-state index contributed by atoms with van der Waals surface area (Å²) in [5.74, 6) is 1.14. The lowest BCUT2D eigenvalue weighted by atomic mass is 10.1. The highest BCUT2D eigenvalue weighted by Gasteiger charge is 2.15. The van der Waals surface area contributed by atoms with Gasteiger partial charge in [0.1, 0.15) is 18.1 Å². The van der Waals surface area contributed by atoms with Crippen LogP contribution in [0.25, 0.3) is 11.3 Å². The number of benzene rings is 2. The van der Waals surface area contributed by atoms with Crippen LogP contribution in [-0.2, 0) is 9.47 Å². The van der Waals surface area contributed by atoms with Gasteiger partial charge in [0.2, 0.25) is 0 Å². The van der Waals surface area contributed by atoms with Crippen LogP contribution in [0.2, 0.25) is 0 Å². The molecule has 2 heterocycles. The van der Waals surface area contributed by atoms with Crippen LogP contribution in [-0.4, -0.2) is 50.7 Å². The first-order valence-corrected chi connectivity index (χ1v) is 12.7. The lowest BCUT2D eigenvalue weighted by Crippen LogP contribution is -2.24. The van der Waals surface area contributed by atoms with Crippen LogP contribution in [0.3, 0.4) is 0 Å². The molecule has 0 radical (unpaired) electrons. The fraction of sp³-hybridized carbons (Fsp3) is 0.385. The first-order valence-electron chi connectivity index (χ1n) is 11.8. The Balaban J connectivity index is 1.37. The quantitative estimate of drug-likeness (QED) is 0.342. The summed E-state index contributed by atoms with van der Waals surface area (Å²) in [5, 5.41) is 8.60. The summed E-state index contributed by atoms with van der Waals surface area (Å²) >= 11 is 1.38. The molecule has 1 saturated heterocycles. The van der Waals surface area contributed by atoms with E-state index in [4.69, 9.17) is 18.9 Å². The van der Waals surface area contributed by atoms with Gasteiger partial charge in [0.15, 0.2) is 11.4 Å². The van der Waals surface area contributed by atoms with E-state index in [-0.39, 0.29) is 12.2 Å². The molecule has 1 aromatic heterocycles. The molecule has 8 nitrogen and oxygen atoms in total. The lowest BCUT2D eigenvalue weighted by molar-refractivity contribution is -0.165. The van der Waals surface area contributed by atoms with Gasteiger partial charge in [-0.05, 0) is 68.7 Å². The fourth-order valence-electron chi connectivity index (χ4n) is 3.69. The number of hydrogen-bond acceptors (Lipinski definition) is 8. The van der Waals surface area contributed by atoms with Gasteiger partial charge in [0, 0.05) is 29.7 Å². The lowest BCUT2D eigenvalue weighted by Gasteiger charge is -2.22. The molecule has 9 heteroatoms. The van der Waals surface area contributed by atoms with Crippen molar-refractivity contribution in [2.24, 2.45) is 0 Å². The summed E-state index contributed by atoms with van der Waals surface area (Å²) in [7, 11) is 1.63. The number of rotatable bonds is 11. The van der Waals surface area contributed by atoms with Crippen molar-refractivity contribution in [1.82, 2.24) is 4.98 Å². The van der Waals surface area contributed by atoms with E-state index >= 15 is 0 Å². The Hall–Kier alpha value is -3.14. The predicted molar refractivity (Wildman–Crippen MR) is 138 cm³/mol. The number of hydrogen-bond donors (Lipinski definition) is 2. The Bertz CT molecular complexity index is 1100. The van der Waals surface area contributed by atoms with Crippen LogP contribution in [0.4, 0.5) is 10.8 Å². The van der Waals surface area contributed by atoms with Gasteiger partial charge in [-0.3, -0.25) is 10.1 Å². The van der Waals surface area contributed by atoms with Crippen molar-refractivity contribution < 1.29 is 23.7 Å². The van der Waals surface area contributed by atoms with Crippen molar-refractivity contribution in [1.29, 1.82) is 0 Å². The second kappa shape index (κ2) is 12.5. The van der Waals surface area contributed by atoms with Crippen molar-refractivity contribution in [2.45, 2.75) is 32.5 Å². The van der Waals surface area contributed by atoms with Gasteiger partial charge in [-0.1, -0.05) is 0 Å². The van der Waals surface area contributed by atoms with E-state index < -0.39 is 0 Å². The topological polar surface area (TPSA) is 90.9 Å². The summed E-state index contributed by atoms with van der Waals surface area (Å²) in [6, 6.07) is 13.0. The highest BCUT2D eigenvalue weighted by atomic mass is 32.1. The largest absolute Gasteiger partial charge is 0.497 e. The average Bonchev–Trinajstić information content (AvgIpc) is 3.36. The molecule has 186 valence electrons. The predicted octanol–water partition coefficient (Wildman–Crippen LogP) is 5.42. The number of aromatic nitrogens is 1. The van der Waals surface area contributed by atoms with E-state index in [0.29, 0.717) is 29.7 Å². The number of thiazole rings is 1. The van der Waals surface area contributed by atoms with Crippen molar-refractivity contribution in [3.8, 4) is 22.8 Å². The Morgan fingerprint density at radius 3 is 2.77 bits per heavy atom. The second-order valence-corrected chi connectivity index (χ2v) is 8.84. The number of nitrogens with one attached hydrogen (secondary N) is 2. The van der Waals surface area contributed by atoms with Gasteiger partial charge in [-0.15, -0.1) is 11.3 Å². The van der Waals surface area contributed by atoms with Crippen LogP contribution < -0.4 is 20.1 Å². The second-order valence-electron chi connectivity index (χ2n) is 7.98. The normalized spacial score (nSPS) is 15.4. The minimum absolute atomic E-state index is 0.154. The fourth-order valence-corrected chi connectivity index (χ4v) is 4.40. The zero-order chi connectivity index (χ0) is 24.5. The first kappa shape index (κ1) is 25.0. The third kappa shape index (κ3) is 6.94. The van der Waals surface area contributed by atoms with Crippen LogP contribution in [0.15, 0.2) is 47.8 Å². The monoisotopic (exact) mass is 497 g/mol. The van der Waals surface area contributed by atoms with E-state index in [9.17, 15) is 4.79 Å². The maximum atomic E-state index is 12.9. The minimum atomic E-state index is -0.250. The number of amides is 1. The smallest absolute Gasteiger partial charge is 0.257 e. The molecule has 3 aromatic rings. The number of anilines is 2. The molecule has 1 amide bonds. The molecule has 0 saturated carbocycles. The molecule has 2 N–H and O–H groups in total. The van der Waals surface area contributed by atoms with Gasteiger partial charge in [-0.25, -0.2) is 4.98 Å². The van der Waals surface area contributed by atoms with Gasteiger partial charge < -0.3 is 24.3 Å². The Kier molecular flexibility index (Phi) is 8.94. The maximum Gasteiger partial charge on any atom is 0.257 e. The first-order chi connectivity index (χ1) is 17.2. The summed E-state index contributed by atoms with van der Waals surface area (Å²) in [6.45, 7) is 4.27. The standard InChI is InChI=1S/C26H31N3O5S/c1-3-27-21-12-9-19(16-23(21)32-14-15-34-24-6-4-5-13-33-24)25(30)29-26-28-22(17-35-26)18-7-10-20(31-2)11-8-18/h7-12,16-17,24,27H,3-6,13-15H2,1-2H3,(H,28,29,30). The van der Waals surface area contributed by atoms with Crippen molar-refractivity contribution in [3.05, 3.63) is 53.4 Å². The third-order valence-corrected chi connectivity index (χ3v) is 6.26. The molecular weight excluding hydrogens is 466 g/mol. The number of carbonyl (C=O) groups is 1. The van der Waals surface area contributed by atoms with Gasteiger partial charge in [-0.2, -0.15) is 0 Å². The molecule has 0 spiro atoms. The summed E-state index contributed by atoms with van der Waals surface area (Å²) in [6.07, 6.45) is 2.96. The van der Waals surface area contributed by atoms with Gasteiger partial charge in [0.25, 0.3) is 5.91 Å². The molecule has 4 rings (SSSR count). The summed E-state index contributed by atoms with van der Waals surface area (Å²) in [5.41, 5.74) is 3.06. The van der Waals surface area contributed by atoms with Crippen molar-refractivity contribution in [2.75, 3.05) is 44.1 Å². The zero-order valence-electron chi connectivity index (χ0n) is 20.0. The van der Waals surface area contributed by atoms with E-state index in [0.717, 1.165) is 55.1 Å². The average molecular weight is 498 g/mol. The molecule has 35 heavy (non-hydrogen) atoms. The molecule has 1 aliphatic rings. The van der Waals surface area contributed by atoms with Gasteiger partial charge in [0.05, 0.1) is 25.1 Å². The Labute approximate surface area is 209 Å². The van der Waals surface area contributed by atoms with E-state index in [2.05, 4.69) is 15.6 Å². The van der Waals surface area contributed by atoms with E-state index in [1.807, 2.05) is 42.6 Å². The summed E-state index contributed by atoms with van der Waals surface area (Å²) in [4.78, 5) is 17.5. The molecule has 1 aliphatic heterocycles. The number of ether oxygens (including phenoxy) is 4. The van der Waals surface area contributed by atoms with Crippen molar-refractivity contribution >= 4 is 28.1 Å². The Morgan fingerprint density at radius 1 is 1.17 bits per heavy atom. The zero-order valence-corrected chi connectivity index (χ0v) is 20.9. The number of carbonyl (C=O) groups excluding carboxylic acids is 1. The molecule has 2 aromatic carbocycles. The highest BCUT2D eigenvalue weighted by Crippen LogP contribution is 2.29. The van der Waals surface area contributed by atoms with Crippen LogP contribution in [0, 0.1) is 0 Å². The van der Waals surface area contributed by atoms with Crippen molar-refractivity contribution in [3.63, 3.8) is 0 Å². The minimum Gasteiger partial charge on any atom is -0.497 e. The maximum absolute atomic E-state index is 12.9. The van der Waals surface area contributed by atoms with Crippen LogP contribution in [0.1, 0.15) is 36.5 Å². The number of nitrogens with zero attached hydrogens (tertiary/aromatic N) is 1. The molecule has 0 bridgehead atoms. The van der Waals surface area contributed by atoms with Crippen LogP contribution >= 0.6 is 11.3 Å². The summed E-state index contributed by atoms with van der Waals surface area (Å²) < 4.78 is 22.5.